The van der Waals surface area contributed by atoms with Gasteiger partial charge in [-0.25, -0.2) is 0 Å². The zero-order valence-electron chi connectivity index (χ0n) is 10.6. The van der Waals surface area contributed by atoms with Crippen molar-refractivity contribution in [2.24, 2.45) is 0 Å². The van der Waals surface area contributed by atoms with Crippen LogP contribution in [-0.2, 0) is 6.42 Å². The van der Waals surface area contributed by atoms with E-state index in [0.29, 0.717) is 21.2 Å². The summed E-state index contributed by atoms with van der Waals surface area (Å²) >= 11 is 1.38. The Hall–Kier alpha value is -2.15. The average Bonchev–Trinajstić information content (AvgIpc) is 2.93. The van der Waals surface area contributed by atoms with Gasteiger partial charge in [-0.2, -0.15) is 9.61 Å². The molecule has 0 aliphatic rings. The highest BCUT2D eigenvalue weighted by molar-refractivity contribution is 7.19. The molecule has 19 heavy (non-hydrogen) atoms. The van der Waals surface area contributed by atoms with Crippen LogP contribution in [0.2, 0.25) is 0 Å². The third kappa shape index (κ3) is 1.82. The van der Waals surface area contributed by atoms with Crippen LogP contribution in [0.1, 0.15) is 18.3 Å². The Labute approximate surface area is 113 Å². The highest BCUT2D eigenvalue weighted by atomic mass is 32.1. The number of benzene rings is 1. The first-order valence-electron chi connectivity index (χ1n) is 5.90. The minimum absolute atomic E-state index is 0.206. The van der Waals surface area contributed by atoms with Crippen LogP contribution >= 0.6 is 11.3 Å². The van der Waals surface area contributed by atoms with Gasteiger partial charge in [-0.3, -0.25) is 0 Å². The van der Waals surface area contributed by atoms with Crippen LogP contribution in [0, 0.1) is 6.92 Å². The number of hydrogen-bond acceptors (Lipinski definition) is 6. The van der Waals surface area contributed by atoms with Gasteiger partial charge in [0.25, 0.3) is 0 Å². The van der Waals surface area contributed by atoms with Crippen molar-refractivity contribution in [2.45, 2.75) is 20.3 Å². The summed E-state index contributed by atoms with van der Waals surface area (Å²) in [6.45, 7) is 3.81. The number of anilines is 1. The SMILES string of the molecule is CCc1nnc2sc(-c3cc(N)cc(C)c3O)nn12. The molecule has 0 fully saturated rings. The van der Waals surface area contributed by atoms with E-state index in [1.54, 1.807) is 16.6 Å². The van der Waals surface area contributed by atoms with E-state index in [1.165, 1.54) is 11.3 Å². The monoisotopic (exact) mass is 275 g/mol. The number of nitrogens with two attached hydrogens (primary N) is 1. The van der Waals surface area contributed by atoms with Crippen molar-refractivity contribution in [2.75, 3.05) is 5.73 Å². The predicted molar refractivity (Wildman–Crippen MR) is 74.3 cm³/mol. The van der Waals surface area contributed by atoms with Crippen molar-refractivity contribution in [1.29, 1.82) is 0 Å². The molecular formula is C12H13N5OS. The number of aromatic hydroxyl groups is 1. The maximum atomic E-state index is 10.1. The minimum Gasteiger partial charge on any atom is -0.507 e. The molecule has 3 aromatic rings. The van der Waals surface area contributed by atoms with Crippen LogP contribution in [-0.4, -0.2) is 24.9 Å². The Morgan fingerprint density at radius 3 is 2.89 bits per heavy atom. The second-order valence-electron chi connectivity index (χ2n) is 4.31. The van der Waals surface area contributed by atoms with Crippen LogP contribution in [0.3, 0.4) is 0 Å². The summed E-state index contributed by atoms with van der Waals surface area (Å²) in [6, 6.07) is 3.45. The maximum absolute atomic E-state index is 10.1. The zero-order valence-corrected chi connectivity index (χ0v) is 11.4. The molecule has 0 amide bonds. The van der Waals surface area contributed by atoms with Crippen molar-refractivity contribution in [3.8, 4) is 16.3 Å². The highest BCUT2D eigenvalue weighted by Gasteiger charge is 2.16. The third-order valence-corrected chi connectivity index (χ3v) is 3.86. The number of aryl methyl sites for hydroxylation is 2. The predicted octanol–water partition coefficient (Wildman–Crippen LogP) is 2.01. The van der Waals surface area contributed by atoms with Gasteiger partial charge >= 0.3 is 0 Å². The van der Waals surface area contributed by atoms with E-state index in [2.05, 4.69) is 15.3 Å². The molecule has 0 aliphatic heterocycles. The second-order valence-corrected chi connectivity index (χ2v) is 5.26. The Morgan fingerprint density at radius 1 is 1.37 bits per heavy atom. The van der Waals surface area contributed by atoms with Gasteiger partial charge in [0.05, 0.1) is 5.56 Å². The first kappa shape index (κ1) is 11.9. The summed E-state index contributed by atoms with van der Waals surface area (Å²) < 4.78 is 1.71. The summed E-state index contributed by atoms with van der Waals surface area (Å²) in [7, 11) is 0. The van der Waals surface area contributed by atoms with Crippen LogP contribution in [0.25, 0.3) is 15.5 Å². The summed E-state index contributed by atoms with van der Waals surface area (Å²) in [5.41, 5.74) is 7.79. The molecule has 0 saturated carbocycles. The fraction of sp³-hybridized carbons (Fsp3) is 0.250. The van der Waals surface area contributed by atoms with E-state index in [4.69, 9.17) is 5.73 Å². The average molecular weight is 275 g/mol. The number of fused-ring (bicyclic) bond motifs is 1. The van der Waals surface area contributed by atoms with E-state index in [9.17, 15) is 5.11 Å². The van der Waals surface area contributed by atoms with Crippen LogP contribution < -0.4 is 5.73 Å². The van der Waals surface area contributed by atoms with E-state index in [0.717, 1.165) is 17.8 Å². The first-order valence-corrected chi connectivity index (χ1v) is 6.72. The fourth-order valence-electron chi connectivity index (χ4n) is 1.96. The number of aromatic nitrogens is 4. The molecule has 0 bridgehead atoms. The molecule has 1 aromatic carbocycles. The molecule has 98 valence electrons. The molecule has 6 nitrogen and oxygen atoms in total. The molecule has 2 aromatic heterocycles. The molecule has 0 spiro atoms. The lowest BCUT2D eigenvalue weighted by molar-refractivity contribution is 0.473. The minimum atomic E-state index is 0.206. The smallest absolute Gasteiger partial charge is 0.234 e. The van der Waals surface area contributed by atoms with Gasteiger partial charge in [-0.1, -0.05) is 18.3 Å². The summed E-state index contributed by atoms with van der Waals surface area (Å²) in [5, 5.41) is 23.4. The molecule has 7 heteroatoms. The fourth-order valence-corrected chi connectivity index (χ4v) is 2.83. The van der Waals surface area contributed by atoms with Crippen molar-refractivity contribution < 1.29 is 5.11 Å². The van der Waals surface area contributed by atoms with E-state index < -0.39 is 0 Å². The zero-order chi connectivity index (χ0) is 13.6. The van der Waals surface area contributed by atoms with E-state index in [1.807, 2.05) is 13.8 Å². The molecule has 0 unspecified atom stereocenters. The van der Waals surface area contributed by atoms with Gasteiger partial charge in [0, 0.05) is 12.1 Å². The van der Waals surface area contributed by atoms with Crippen LogP contribution in [0.15, 0.2) is 12.1 Å². The van der Waals surface area contributed by atoms with Crippen LogP contribution in [0.5, 0.6) is 5.75 Å². The van der Waals surface area contributed by atoms with Gasteiger partial charge in [0.1, 0.15) is 5.75 Å². The van der Waals surface area contributed by atoms with Gasteiger partial charge in [0.15, 0.2) is 10.8 Å². The van der Waals surface area contributed by atoms with E-state index in [-0.39, 0.29) is 5.75 Å². The molecule has 3 N–H and O–H groups in total. The van der Waals surface area contributed by atoms with Crippen molar-refractivity contribution in [3.05, 3.63) is 23.5 Å². The Balaban J connectivity index is 2.21. The Bertz CT molecular complexity index is 761. The first-order chi connectivity index (χ1) is 9.10. The standard InChI is InChI=1S/C12H13N5OS/c1-3-9-14-15-12-17(9)16-11(19-12)8-5-7(13)4-6(2)10(8)18/h4-5,18H,3,13H2,1-2H3. The molecular weight excluding hydrogens is 262 g/mol. The van der Waals surface area contributed by atoms with E-state index >= 15 is 0 Å². The lowest BCUT2D eigenvalue weighted by Crippen LogP contribution is -1.94. The van der Waals surface area contributed by atoms with Gasteiger partial charge in [-0.15, -0.1) is 10.2 Å². The number of hydrogen-bond donors (Lipinski definition) is 2. The second kappa shape index (κ2) is 4.20. The van der Waals surface area contributed by atoms with Crippen LogP contribution in [0.4, 0.5) is 5.69 Å². The van der Waals surface area contributed by atoms with Crippen molar-refractivity contribution >= 4 is 22.0 Å². The summed E-state index contributed by atoms with van der Waals surface area (Å²) in [4.78, 5) is 0.714. The number of nitrogens with zero attached hydrogens (tertiary/aromatic N) is 4. The normalized spacial score (nSPS) is 11.3. The summed E-state index contributed by atoms with van der Waals surface area (Å²) in [5.74, 6) is 1.01. The molecule has 0 radical (unpaired) electrons. The Kier molecular flexibility index (Phi) is 2.63. The largest absolute Gasteiger partial charge is 0.507 e. The van der Waals surface area contributed by atoms with Crippen molar-refractivity contribution in [3.63, 3.8) is 0 Å². The molecule has 0 atom stereocenters. The molecule has 3 rings (SSSR count). The van der Waals surface area contributed by atoms with Gasteiger partial charge in [-0.05, 0) is 24.6 Å². The quantitative estimate of drug-likeness (QED) is 0.551. The molecule has 0 aliphatic carbocycles. The summed E-state index contributed by atoms with van der Waals surface area (Å²) in [6.07, 6.45) is 0.756. The lowest BCUT2D eigenvalue weighted by atomic mass is 10.1. The van der Waals surface area contributed by atoms with Gasteiger partial charge in [0.2, 0.25) is 4.96 Å². The number of phenols is 1. The maximum Gasteiger partial charge on any atom is 0.234 e. The Morgan fingerprint density at radius 2 is 2.16 bits per heavy atom. The third-order valence-electron chi connectivity index (χ3n) is 2.92. The molecule has 2 heterocycles. The highest BCUT2D eigenvalue weighted by Crippen LogP contribution is 2.36. The number of nitrogen functional groups attached to an aromatic ring is 1. The van der Waals surface area contributed by atoms with Gasteiger partial charge < -0.3 is 10.8 Å². The molecule has 0 saturated heterocycles. The topological polar surface area (TPSA) is 89.3 Å². The van der Waals surface area contributed by atoms with Crippen molar-refractivity contribution in [1.82, 2.24) is 19.8 Å². The lowest BCUT2D eigenvalue weighted by Gasteiger charge is -2.05. The number of phenolic OH excluding ortho intramolecular Hbond substituents is 1. The number of rotatable bonds is 2.